The number of likely N-dealkylation sites (N-methyl/N-ethyl adjacent to an activating group) is 1. The van der Waals surface area contributed by atoms with Crippen LogP contribution in [0, 0.1) is 0 Å². The molecule has 1 heterocycles. The fraction of sp³-hybridized carbons (Fsp3) is 0.261. The third kappa shape index (κ3) is 5.52. The first-order valence-electron chi connectivity index (χ1n) is 9.25. The van der Waals surface area contributed by atoms with Crippen LogP contribution in [-0.2, 0) is 11.2 Å². The summed E-state index contributed by atoms with van der Waals surface area (Å²) in [4.78, 5) is 16.1. The Bertz CT molecular complexity index is 818. The summed E-state index contributed by atoms with van der Waals surface area (Å²) in [7, 11) is 2.00. The molecule has 1 N–H and O–H groups in total. The van der Waals surface area contributed by atoms with E-state index in [1.807, 2.05) is 43.4 Å². The summed E-state index contributed by atoms with van der Waals surface area (Å²) in [6.07, 6.45) is 0.779. The second kappa shape index (κ2) is 9.49. The number of rotatable bonds is 8. The lowest BCUT2D eigenvalue weighted by molar-refractivity contribution is -0.123. The molecular formula is C23H26N2OS. The van der Waals surface area contributed by atoms with E-state index >= 15 is 0 Å². The van der Waals surface area contributed by atoms with Crippen LogP contribution < -0.4 is 5.32 Å². The number of thiophene rings is 1. The van der Waals surface area contributed by atoms with E-state index in [-0.39, 0.29) is 18.0 Å². The van der Waals surface area contributed by atoms with E-state index in [1.54, 1.807) is 11.3 Å². The Labute approximate surface area is 165 Å². The van der Waals surface area contributed by atoms with E-state index < -0.39 is 0 Å². The van der Waals surface area contributed by atoms with Crippen molar-refractivity contribution in [3.05, 3.63) is 94.2 Å². The molecule has 2 aromatic carbocycles. The highest BCUT2D eigenvalue weighted by atomic mass is 32.1. The molecule has 1 aromatic heterocycles. The third-order valence-electron chi connectivity index (χ3n) is 4.83. The molecule has 0 aliphatic heterocycles. The maximum atomic E-state index is 12.8. The first-order valence-corrected chi connectivity index (χ1v) is 10.1. The molecule has 0 spiro atoms. The number of nitrogens with zero attached hydrogens (tertiary/aromatic N) is 1. The summed E-state index contributed by atoms with van der Waals surface area (Å²) in [5, 5.41) is 5.31. The van der Waals surface area contributed by atoms with Crippen LogP contribution in [0.5, 0.6) is 0 Å². The molecule has 0 radical (unpaired) electrons. The van der Waals surface area contributed by atoms with E-state index in [9.17, 15) is 4.79 Å². The van der Waals surface area contributed by atoms with E-state index in [1.165, 1.54) is 10.4 Å². The summed E-state index contributed by atoms with van der Waals surface area (Å²) in [6, 6.07) is 24.8. The monoisotopic (exact) mass is 378 g/mol. The summed E-state index contributed by atoms with van der Waals surface area (Å²) in [5.41, 5.74) is 2.34. The SMILES string of the molecule is CC(c1cccs1)N(C)CC(=O)NC(Cc1ccccc1)c1ccccc1. The first kappa shape index (κ1) is 19.3. The highest BCUT2D eigenvalue weighted by Gasteiger charge is 2.19. The molecule has 2 unspecified atom stereocenters. The van der Waals surface area contributed by atoms with E-state index in [0.717, 1.165) is 12.0 Å². The van der Waals surface area contributed by atoms with Gasteiger partial charge in [-0.15, -0.1) is 11.3 Å². The van der Waals surface area contributed by atoms with Crippen molar-refractivity contribution in [2.45, 2.75) is 25.4 Å². The molecule has 3 nitrogen and oxygen atoms in total. The molecule has 1 amide bonds. The molecule has 0 bridgehead atoms. The molecule has 0 aliphatic carbocycles. The Balaban J connectivity index is 1.67. The number of carbonyl (C=O) groups is 1. The Kier molecular flexibility index (Phi) is 6.80. The maximum Gasteiger partial charge on any atom is 0.234 e. The van der Waals surface area contributed by atoms with Gasteiger partial charge in [0.25, 0.3) is 0 Å². The van der Waals surface area contributed by atoms with Crippen LogP contribution in [-0.4, -0.2) is 24.4 Å². The van der Waals surface area contributed by atoms with Crippen molar-refractivity contribution >= 4 is 17.2 Å². The Hall–Kier alpha value is -2.43. The van der Waals surface area contributed by atoms with Crippen molar-refractivity contribution in [3.63, 3.8) is 0 Å². The van der Waals surface area contributed by atoms with Gasteiger partial charge in [-0.25, -0.2) is 0 Å². The number of hydrogen-bond donors (Lipinski definition) is 1. The van der Waals surface area contributed by atoms with E-state index in [4.69, 9.17) is 0 Å². The van der Waals surface area contributed by atoms with Crippen molar-refractivity contribution in [1.82, 2.24) is 10.2 Å². The topological polar surface area (TPSA) is 32.3 Å². The van der Waals surface area contributed by atoms with Crippen LogP contribution in [0.3, 0.4) is 0 Å². The molecule has 2 atom stereocenters. The zero-order chi connectivity index (χ0) is 19.1. The van der Waals surface area contributed by atoms with Gasteiger partial charge < -0.3 is 5.32 Å². The normalized spacial score (nSPS) is 13.3. The predicted octanol–water partition coefficient (Wildman–Crippen LogP) is 4.84. The number of hydrogen-bond acceptors (Lipinski definition) is 3. The fourth-order valence-electron chi connectivity index (χ4n) is 3.14. The summed E-state index contributed by atoms with van der Waals surface area (Å²) >= 11 is 1.73. The number of carbonyl (C=O) groups excluding carboxylic acids is 1. The fourth-order valence-corrected chi connectivity index (χ4v) is 3.99. The van der Waals surface area contributed by atoms with Gasteiger partial charge in [0.05, 0.1) is 12.6 Å². The van der Waals surface area contributed by atoms with Crippen molar-refractivity contribution in [1.29, 1.82) is 0 Å². The van der Waals surface area contributed by atoms with Gasteiger partial charge in [-0.05, 0) is 43.0 Å². The van der Waals surface area contributed by atoms with Crippen LogP contribution in [0.4, 0.5) is 0 Å². The lowest BCUT2D eigenvalue weighted by Gasteiger charge is -2.25. The van der Waals surface area contributed by atoms with Crippen molar-refractivity contribution in [3.8, 4) is 0 Å². The summed E-state index contributed by atoms with van der Waals surface area (Å²) in [6.45, 7) is 2.51. The van der Waals surface area contributed by atoms with Gasteiger partial charge in [-0.1, -0.05) is 66.7 Å². The number of amides is 1. The van der Waals surface area contributed by atoms with Crippen molar-refractivity contribution in [2.75, 3.05) is 13.6 Å². The van der Waals surface area contributed by atoms with E-state index in [0.29, 0.717) is 6.54 Å². The highest BCUT2D eigenvalue weighted by Crippen LogP contribution is 2.23. The molecule has 4 heteroatoms. The van der Waals surface area contributed by atoms with Gasteiger partial charge in [0, 0.05) is 10.9 Å². The van der Waals surface area contributed by atoms with Gasteiger partial charge >= 0.3 is 0 Å². The lowest BCUT2D eigenvalue weighted by atomic mass is 9.99. The average Bonchev–Trinajstić information content (AvgIpc) is 3.23. The summed E-state index contributed by atoms with van der Waals surface area (Å²) < 4.78 is 0. The maximum absolute atomic E-state index is 12.8. The first-order chi connectivity index (χ1) is 13.1. The van der Waals surface area contributed by atoms with Gasteiger partial charge in [-0.2, -0.15) is 0 Å². The predicted molar refractivity (Wildman–Crippen MR) is 113 cm³/mol. The zero-order valence-corrected chi connectivity index (χ0v) is 16.7. The van der Waals surface area contributed by atoms with Crippen LogP contribution in [0.15, 0.2) is 78.2 Å². The van der Waals surface area contributed by atoms with Crippen molar-refractivity contribution < 1.29 is 4.79 Å². The smallest absolute Gasteiger partial charge is 0.234 e. The summed E-state index contributed by atoms with van der Waals surface area (Å²) in [5.74, 6) is 0.0469. The minimum atomic E-state index is -0.0356. The minimum absolute atomic E-state index is 0.0356. The molecule has 3 aromatic rings. The molecule has 0 fully saturated rings. The molecular weight excluding hydrogens is 352 g/mol. The number of benzene rings is 2. The highest BCUT2D eigenvalue weighted by molar-refractivity contribution is 7.10. The lowest BCUT2D eigenvalue weighted by Crippen LogP contribution is -2.38. The Morgan fingerprint density at radius 2 is 1.67 bits per heavy atom. The molecule has 140 valence electrons. The van der Waals surface area contributed by atoms with Crippen LogP contribution in [0.1, 0.15) is 35.0 Å². The Morgan fingerprint density at radius 1 is 1.00 bits per heavy atom. The van der Waals surface area contributed by atoms with Crippen molar-refractivity contribution in [2.24, 2.45) is 0 Å². The van der Waals surface area contributed by atoms with Crippen LogP contribution >= 0.6 is 11.3 Å². The zero-order valence-electron chi connectivity index (χ0n) is 15.8. The molecule has 0 aliphatic rings. The molecule has 0 saturated carbocycles. The van der Waals surface area contributed by atoms with E-state index in [2.05, 4.69) is 58.9 Å². The standard InChI is InChI=1S/C23H26N2OS/c1-18(22-14-9-15-27-22)25(2)17-23(26)24-21(20-12-7-4-8-13-20)16-19-10-5-3-6-11-19/h3-15,18,21H,16-17H2,1-2H3,(H,24,26). The Morgan fingerprint density at radius 3 is 2.30 bits per heavy atom. The quantitative estimate of drug-likeness (QED) is 0.608. The molecule has 27 heavy (non-hydrogen) atoms. The van der Waals surface area contributed by atoms with Gasteiger partial charge in [-0.3, -0.25) is 9.69 Å². The second-order valence-electron chi connectivity index (χ2n) is 6.83. The second-order valence-corrected chi connectivity index (χ2v) is 7.81. The van der Waals surface area contributed by atoms with Gasteiger partial charge in [0.2, 0.25) is 5.91 Å². The third-order valence-corrected chi connectivity index (χ3v) is 5.87. The number of nitrogens with one attached hydrogen (secondary N) is 1. The largest absolute Gasteiger partial charge is 0.348 e. The van der Waals surface area contributed by atoms with Gasteiger partial charge in [0.15, 0.2) is 0 Å². The van der Waals surface area contributed by atoms with Gasteiger partial charge in [0.1, 0.15) is 0 Å². The van der Waals surface area contributed by atoms with Crippen LogP contribution in [0.25, 0.3) is 0 Å². The van der Waals surface area contributed by atoms with Crippen LogP contribution in [0.2, 0.25) is 0 Å². The minimum Gasteiger partial charge on any atom is -0.348 e. The molecule has 3 rings (SSSR count). The molecule has 0 saturated heterocycles. The average molecular weight is 379 g/mol.